The van der Waals surface area contributed by atoms with Gasteiger partial charge < -0.3 is 4.84 Å². The zero-order valence-electron chi connectivity index (χ0n) is 14.9. The van der Waals surface area contributed by atoms with Crippen LogP contribution >= 0.6 is 11.6 Å². The van der Waals surface area contributed by atoms with E-state index in [2.05, 4.69) is 15.2 Å². The summed E-state index contributed by atoms with van der Waals surface area (Å²) in [6.07, 6.45) is 9.09. The molecule has 5 nitrogen and oxygen atoms in total. The fourth-order valence-electron chi connectivity index (χ4n) is 3.75. The zero-order chi connectivity index (χ0) is 17.7. The van der Waals surface area contributed by atoms with Crippen LogP contribution in [0.2, 0.25) is 5.02 Å². The monoisotopic (exact) mass is 360 g/mol. The Labute approximate surface area is 154 Å². The number of hydrogen-bond donors (Lipinski definition) is 0. The molecule has 2 aliphatic rings. The molecule has 4 rings (SSSR count). The summed E-state index contributed by atoms with van der Waals surface area (Å²) in [5.41, 5.74) is 1.88. The van der Waals surface area contributed by atoms with Crippen LogP contribution in [0.4, 0.5) is 0 Å². The number of benzene rings is 1. The molecule has 1 atom stereocenters. The summed E-state index contributed by atoms with van der Waals surface area (Å²) >= 11 is 6.02. The van der Waals surface area contributed by atoms with Crippen molar-refractivity contribution in [3.05, 3.63) is 47.5 Å². The molecule has 1 fully saturated rings. The molecular weight excluding hydrogens is 336 g/mol. The highest BCUT2D eigenvalue weighted by atomic mass is 35.5. The van der Waals surface area contributed by atoms with E-state index >= 15 is 0 Å². The highest BCUT2D eigenvalue weighted by Gasteiger charge is 2.49. The highest BCUT2D eigenvalue weighted by molar-refractivity contribution is 6.30. The Kier molecular flexibility index (Phi) is 5.74. The molecule has 1 aliphatic carbocycles. The summed E-state index contributed by atoms with van der Waals surface area (Å²) in [5, 5.41) is 9.49. The maximum absolute atomic E-state index is 6.03. The van der Waals surface area contributed by atoms with Crippen molar-refractivity contribution in [2.24, 2.45) is 11.1 Å². The van der Waals surface area contributed by atoms with Crippen molar-refractivity contribution in [3.63, 3.8) is 0 Å². The normalized spacial score (nSPS) is 21.2. The fourth-order valence-corrected chi connectivity index (χ4v) is 3.87. The Morgan fingerprint density at radius 1 is 1.16 bits per heavy atom. The molecule has 0 saturated heterocycles. The summed E-state index contributed by atoms with van der Waals surface area (Å²) in [6, 6.07) is 7.83. The minimum absolute atomic E-state index is 0.186. The second-order valence-electron chi connectivity index (χ2n) is 6.37. The van der Waals surface area contributed by atoms with Crippen molar-refractivity contribution >= 4 is 17.3 Å². The number of halogens is 1. The lowest BCUT2D eigenvalue weighted by Crippen LogP contribution is -2.43. The lowest BCUT2D eigenvalue weighted by atomic mass is 9.73. The van der Waals surface area contributed by atoms with Gasteiger partial charge in [-0.1, -0.05) is 49.2 Å². The Morgan fingerprint density at radius 2 is 1.88 bits per heavy atom. The second-order valence-corrected chi connectivity index (χ2v) is 6.81. The summed E-state index contributed by atoms with van der Waals surface area (Å²) in [7, 11) is 0. The smallest absolute Gasteiger partial charge is 0.148 e. The van der Waals surface area contributed by atoms with Crippen molar-refractivity contribution in [1.29, 1.82) is 0 Å². The SMILES string of the molecule is CC.Clc1ccc(C2=NOC3(CCCCC3)C2Cn2cncn2)cc1. The largest absolute Gasteiger partial charge is 0.388 e. The molecule has 0 radical (unpaired) electrons. The minimum atomic E-state index is -0.195. The van der Waals surface area contributed by atoms with Crippen molar-refractivity contribution in [1.82, 2.24) is 14.8 Å². The number of aromatic nitrogens is 3. The second kappa shape index (κ2) is 8.00. The molecule has 6 heteroatoms. The van der Waals surface area contributed by atoms with Crippen LogP contribution in [-0.2, 0) is 11.4 Å². The van der Waals surface area contributed by atoms with E-state index in [0.717, 1.165) is 35.7 Å². The summed E-state index contributed by atoms with van der Waals surface area (Å²) in [4.78, 5) is 10.1. The number of nitrogens with zero attached hydrogens (tertiary/aromatic N) is 4. The molecule has 1 aliphatic heterocycles. The first kappa shape index (κ1) is 17.9. The van der Waals surface area contributed by atoms with E-state index < -0.39 is 0 Å². The van der Waals surface area contributed by atoms with E-state index in [0.29, 0.717) is 0 Å². The molecule has 1 aromatic carbocycles. The van der Waals surface area contributed by atoms with Crippen LogP contribution in [0.1, 0.15) is 51.5 Å². The molecule has 1 aromatic heterocycles. The maximum atomic E-state index is 6.03. The summed E-state index contributed by atoms with van der Waals surface area (Å²) in [6.45, 7) is 4.74. The first-order valence-corrected chi connectivity index (χ1v) is 9.49. The van der Waals surface area contributed by atoms with Crippen molar-refractivity contribution < 1.29 is 4.84 Å². The van der Waals surface area contributed by atoms with Gasteiger partial charge in [-0.25, -0.2) is 4.98 Å². The topological polar surface area (TPSA) is 52.3 Å². The van der Waals surface area contributed by atoms with Crippen LogP contribution in [0.25, 0.3) is 0 Å². The Bertz CT molecular complexity index is 691. The molecule has 1 saturated carbocycles. The maximum Gasteiger partial charge on any atom is 0.148 e. The van der Waals surface area contributed by atoms with Gasteiger partial charge in [-0.2, -0.15) is 5.10 Å². The molecular formula is C19H25ClN4O. The van der Waals surface area contributed by atoms with E-state index in [4.69, 9.17) is 16.4 Å². The van der Waals surface area contributed by atoms with Gasteiger partial charge in [-0.3, -0.25) is 4.68 Å². The third-order valence-electron chi connectivity index (χ3n) is 4.97. The first-order valence-electron chi connectivity index (χ1n) is 9.11. The van der Waals surface area contributed by atoms with Gasteiger partial charge in [0.05, 0.1) is 18.2 Å². The molecule has 2 heterocycles. The number of hydrogen-bond acceptors (Lipinski definition) is 4. The molecule has 0 amide bonds. The van der Waals surface area contributed by atoms with E-state index in [1.165, 1.54) is 19.3 Å². The van der Waals surface area contributed by atoms with Gasteiger partial charge in [0, 0.05) is 5.02 Å². The average molecular weight is 361 g/mol. The van der Waals surface area contributed by atoms with Gasteiger partial charge in [0.15, 0.2) is 0 Å². The molecule has 2 aromatic rings. The van der Waals surface area contributed by atoms with Crippen LogP contribution < -0.4 is 0 Å². The third-order valence-corrected chi connectivity index (χ3v) is 5.22. The number of oxime groups is 1. The van der Waals surface area contributed by atoms with Gasteiger partial charge in [0.2, 0.25) is 0 Å². The van der Waals surface area contributed by atoms with E-state index in [-0.39, 0.29) is 11.5 Å². The lowest BCUT2D eigenvalue weighted by molar-refractivity contribution is -0.0738. The first-order chi connectivity index (χ1) is 12.3. The molecule has 0 bridgehead atoms. The lowest BCUT2D eigenvalue weighted by Gasteiger charge is -2.36. The zero-order valence-corrected chi connectivity index (χ0v) is 15.6. The molecule has 134 valence electrons. The predicted molar refractivity (Wildman–Crippen MR) is 99.8 cm³/mol. The van der Waals surface area contributed by atoms with Crippen LogP contribution in [0.15, 0.2) is 42.1 Å². The minimum Gasteiger partial charge on any atom is -0.388 e. The van der Waals surface area contributed by atoms with Gasteiger partial charge in [-0.15, -0.1) is 0 Å². The highest BCUT2D eigenvalue weighted by Crippen LogP contribution is 2.44. The van der Waals surface area contributed by atoms with E-state index in [9.17, 15) is 0 Å². The molecule has 25 heavy (non-hydrogen) atoms. The predicted octanol–water partition coefficient (Wildman–Crippen LogP) is 4.71. The molecule has 1 spiro atoms. The van der Waals surface area contributed by atoms with E-state index in [1.54, 1.807) is 12.7 Å². The summed E-state index contributed by atoms with van der Waals surface area (Å²) < 4.78 is 1.88. The molecule has 0 N–H and O–H groups in total. The Hall–Kier alpha value is -1.88. The van der Waals surface area contributed by atoms with Gasteiger partial charge in [-0.05, 0) is 43.4 Å². The van der Waals surface area contributed by atoms with Gasteiger partial charge >= 0.3 is 0 Å². The Morgan fingerprint density at radius 3 is 2.52 bits per heavy atom. The van der Waals surface area contributed by atoms with Crippen molar-refractivity contribution in [2.45, 2.75) is 58.1 Å². The van der Waals surface area contributed by atoms with Gasteiger partial charge in [0.1, 0.15) is 18.3 Å². The third kappa shape index (κ3) is 3.71. The van der Waals surface area contributed by atoms with Crippen LogP contribution in [0.3, 0.4) is 0 Å². The average Bonchev–Trinajstić information content (AvgIpc) is 3.29. The molecule has 1 unspecified atom stereocenters. The van der Waals surface area contributed by atoms with E-state index in [1.807, 2.05) is 42.8 Å². The number of rotatable bonds is 3. The fraction of sp³-hybridized carbons (Fsp3) is 0.526. The van der Waals surface area contributed by atoms with Crippen LogP contribution in [0, 0.1) is 5.92 Å². The van der Waals surface area contributed by atoms with Crippen molar-refractivity contribution in [2.75, 3.05) is 0 Å². The standard InChI is InChI=1S/C17H19ClN4O.C2H6/c18-14-6-4-13(5-7-14)16-15(10-22-12-19-11-20-22)17(23-21-16)8-2-1-3-9-17;1-2/h4-7,11-12,15H,1-3,8-10H2;1-2H3. The van der Waals surface area contributed by atoms with Gasteiger partial charge in [0.25, 0.3) is 0 Å². The quantitative estimate of drug-likeness (QED) is 0.796. The van der Waals surface area contributed by atoms with Crippen LogP contribution in [-0.4, -0.2) is 26.1 Å². The summed E-state index contributed by atoms with van der Waals surface area (Å²) in [5.74, 6) is 0.186. The Balaban J connectivity index is 0.000000880. The van der Waals surface area contributed by atoms with Crippen LogP contribution in [0.5, 0.6) is 0 Å². The van der Waals surface area contributed by atoms with Crippen molar-refractivity contribution in [3.8, 4) is 0 Å².